The van der Waals surface area contributed by atoms with Gasteiger partial charge in [-0.2, -0.15) is 0 Å². The van der Waals surface area contributed by atoms with Crippen LogP contribution in [0.15, 0.2) is 71.8 Å². The number of benzene rings is 1. The van der Waals surface area contributed by atoms with E-state index in [4.69, 9.17) is 4.42 Å². The highest BCUT2D eigenvalue weighted by Gasteiger charge is 2.37. The standard InChI is InChI=1S/C23H17N5O2S/c29-23(19-12-25-22(31-19)14-5-8-24-9-6-14)28-10-7-16-20(27-13-26-16)21(28)18-11-15-3-1-2-4-17(15)30-18/h1-6,8-9,11-13,21H,7,10H2,(H,26,27)/t21-/m1/s1. The van der Waals surface area contributed by atoms with Crippen LogP contribution >= 0.6 is 11.3 Å². The highest BCUT2D eigenvalue weighted by Crippen LogP contribution is 2.38. The maximum atomic E-state index is 13.6. The zero-order valence-electron chi connectivity index (χ0n) is 16.4. The Bertz CT molecular complexity index is 1350. The first-order chi connectivity index (χ1) is 15.3. The number of hydrogen-bond donors (Lipinski definition) is 1. The van der Waals surface area contributed by atoms with E-state index >= 15 is 0 Å². The second-order valence-electron chi connectivity index (χ2n) is 7.37. The number of carbonyl (C=O) groups excluding carboxylic acids is 1. The normalized spacial score (nSPS) is 15.9. The van der Waals surface area contributed by atoms with Gasteiger partial charge in [-0.25, -0.2) is 9.97 Å². The molecule has 0 spiro atoms. The van der Waals surface area contributed by atoms with E-state index < -0.39 is 0 Å². The number of thiazole rings is 1. The maximum Gasteiger partial charge on any atom is 0.266 e. The van der Waals surface area contributed by atoms with E-state index in [0.29, 0.717) is 23.6 Å². The van der Waals surface area contributed by atoms with Crippen molar-refractivity contribution in [1.82, 2.24) is 24.8 Å². The lowest BCUT2D eigenvalue weighted by Gasteiger charge is -2.33. The van der Waals surface area contributed by atoms with Gasteiger partial charge in [-0.15, -0.1) is 11.3 Å². The summed E-state index contributed by atoms with van der Waals surface area (Å²) < 4.78 is 6.16. The molecule has 1 amide bonds. The first-order valence-electron chi connectivity index (χ1n) is 9.96. The second kappa shape index (κ2) is 7.17. The van der Waals surface area contributed by atoms with E-state index in [1.165, 1.54) is 11.3 Å². The van der Waals surface area contributed by atoms with Crippen molar-refractivity contribution in [3.8, 4) is 10.6 Å². The Hall–Kier alpha value is -3.78. The second-order valence-corrected chi connectivity index (χ2v) is 8.40. The van der Waals surface area contributed by atoms with Gasteiger partial charge < -0.3 is 14.3 Å². The van der Waals surface area contributed by atoms with Gasteiger partial charge in [0.25, 0.3) is 5.91 Å². The predicted octanol–water partition coefficient (Wildman–Crippen LogP) is 4.46. The molecule has 1 atom stereocenters. The van der Waals surface area contributed by atoms with Crippen molar-refractivity contribution in [2.24, 2.45) is 0 Å². The Morgan fingerprint density at radius 1 is 1.16 bits per heavy atom. The summed E-state index contributed by atoms with van der Waals surface area (Å²) in [5.74, 6) is 0.637. The Kier molecular flexibility index (Phi) is 4.17. The molecule has 0 radical (unpaired) electrons. The number of rotatable bonds is 3. The van der Waals surface area contributed by atoms with Gasteiger partial charge in [0.2, 0.25) is 0 Å². The van der Waals surface area contributed by atoms with Crippen LogP contribution in [0.1, 0.15) is 32.9 Å². The molecule has 6 rings (SSSR count). The highest BCUT2D eigenvalue weighted by molar-refractivity contribution is 7.16. The highest BCUT2D eigenvalue weighted by atomic mass is 32.1. The number of H-pyrrole nitrogens is 1. The topological polar surface area (TPSA) is 87.9 Å². The van der Waals surface area contributed by atoms with E-state index in [1.54, 1.807) is 24.9 Å². The van der Waals surface area contributed by atoms with Gasteiger partial charge in [0.15, 0.2) is 0 Å². The van der Waals surface area contributed by atoms with Crippen LogP contribution < -0.4 is 0 Å². The quantitative estimate of drug-likeness (QED) is 0.459. The first kappa shape index (κ1) is 18.0. The zero-order valence-corrected chi connectivity index (χ0v) is 17.2. The lowest BCUT2D eigenvalue weighted by atomic mass is 10.00. The molecule has 1 aliphatic rings. The molecule has 8 heteroatoms. The molecule has 1 aliphatic heterocycles. The summed E-state index contributed by atoms with van der Waals surface area (Å²) >= 11 is 1.38. The molecule has 1 N–H and O–H groups in total. The smallest absolute Gasteiger partial charge is 0.266 e. The number of hydrogen-bond acceptors (Lipinski definition) is 6. The number of imidazole rings is 1. The number of aromatic nitrogens is 4. The molecule has 0 aliphatic carbocycles. The molecule has 0 saturated carbocycles. The lowest BCUT2D eigenvalue weighted by Crippen LogP contribution is -2.40. The van der Waals surface area contributed by atoms with Crippen molar-refractivity contribution >= 4 is 28.2 Å². The van der Waals surface area contributed by atoms with Crippen LogP contribution in [-0.4, -0.2) is 37.3 Å². The fourth-order valence-electron chi connectivity index (χ4n) is 4.06. The molecule has 4 aromatic heterocycles. The number of fused-ring (bicyclic) bond motifs is 2. The van der Waals surface area contributed by atoms with Gasteiger partial charge >= 0.3 is 0 Å². The van der Waals surface area contributed by atoms with Gasteiger partial charge in [-0.3, -0.25) is 9.78 Å². The summed E-state index contributed by atoms with van der Waals surface area (Å²) in [4.78, 5) is 32.3. The Morgan fingerprint density at radius 3 is 2.90 bits per heavy atom. The van der Waals surface area contributed by atoms with Crippen LogP contribution in [0.5, 0.6) is 0 Å². The number of pyridine rings is 1. The van der Waals surface area contributed by atoms with Gasteiger partial charge in [-0.05, 0) is 24.3 Å². The van der Waals surface area contributed by atoms with Crippen LogP contribution in [-0.2, 0) is 6.42 Å². The SMILES string of the molecule is O=C(c1cnc(-c2ccncc2)s1)N1CCc2[nH]cnc2[C@H]1c1cc2ccccc2o1. The van der Waals surface area contributed by atoms with Crippen LogP contribution in [0.2, 0.25) is 0 Å². The predicted molar refractivity (Wildman–Crippen MR) is 117 cm³/mol. The molecule has 31 heavy (non-hydrogen) atoms. The molecule has 5 heterocycles. The van der Waals surface area contributed by atoms with E-state index in [1.807, 2.05) is 47.4 Å². The van der Waals surface area contributed by atoms with Gasteiger partial charge in [-0.1, -0.05) is 18.2 Å². The molecule has 0 bridgehead atoms. The lowest BCUT2D eigenvalue weighted by molar-refractivity contribution is 0.0677. The number of para-hydroxylation sites is 1. The summed E-state index contributed by atoms with van der Waals surface area (Å²) in [6, 6.07) is 13.2. The Labute approximate surface area is 181 Å². The number of nitrogens with one attached hydrogen (secondary N) is 1. The summed E-state index contributed by atoms with van der Waals surface area (Å²) in [7, 11) is 0. The van der Waals surface area contributed by atoms with E-state index in [0.717, 1.165) is 32.9 Å². The minimum Gasteiger partial charge on any atom is -0.458 e. The first-order valence-corrected chi connectivity index (χ1v) is 10.8. The molecule has 5 aromatic rings. The fourth-order valence-corrected chi connectivity index (χ4v) is 4.94. The molecule has 0 saturated heterocycles. The molecule has 152 valence electrons. The van der Waals surface area contributed by atoms with Crippen LogP contribution in [0.4, 0.5) is 0 Å². The summed E-state index contributed by atoms with van der Waals surface area (Å²) in [6.45, 7) is 0.568. The van der Waals surface area contributed by atoms with Crippen molar-refractivity contribution in [1.29, 1.82) is 0 Å². The summed E-state index contributed by atoms with van der Waals surface area (Å²) in [5.41, 5.74) is 3.61. The van der Waals surface area contributed by atoms with Crippen molar-refractivity contribution in [2.75, 3.05) is 6.54 Å². The molecule has 0 fully saturated rings. The minimum atomic E-state index is -0.388. The van der Waals surface area contributed by atoms with Gasteiger partial charge in [0, 0.05) is 42.0 Å². The number of aromatic amines is 1. The molecule has 1 aromatic carbocycles. The van der Waals surface area contributed by atoms with Gasteiger partial charge in [0.1, 0.15) is 27.3 Å². The van der Waals surface area contributed by atoms with E-state index in [9.17, 15) is 4.79 Å². The third-order valence-electron chi connectivity index (χ3n) is 5.54. The Morgan fingerprint density at radius 2 is 2.03 bits per heavy atom. The van der Waals surface area contributed by atoms with Crippen molar-refractivity contribution in [3.05, 3.63) is 89.4 Å². The fraction of sp³-hybridized carbons (Fsp3) is 0.130. The molecular formula is C23H17N5O2S. The van der Waals surface area contributed by atoms with Crippen LogP contribution in [0.25, 0.3) is 21.5 Å². The third kappa shape index (κ3) is 3.03. The largest absolute Gasteiger partial charge is 0.458 e. The number of furan rings is 1. The van der Waals surface area contributed by atoms with Crippen molar-refractivity contribution in [2.45, 2.75) is 12.5 Å². The van der Waals surface area contributed by atoms with Crippen LogP contribution in [0.3, 0.4) is 0 Å². The molecule has 7 nitrogen and oxygen atoms in total. The average Bonchev–Trinajstić information content (AvgIpc) is 3.57. The monoisotopic (exact) mass is 427 g/mol. The summed E-state index contributed by atoms with van der Waals surface area (Å²) in [5, 5.41) is 1.80. The Balaban J connectivity index is 1.40. The molecular weight excluding hydrogens is 410 g/mol. The summed E-state index contributed by atoms with van der Waals surface area (Å²) in [6.07, 6.45) is 7.49. The van der Waals surface area contributed by atoms with Crippen molar-refractivity contribution < 1.29 is 9.21 Å². The maximum absolute atomic E-state index is 13.6. The van der Waals surface area contributed by atoms with Crippen LogP contribution in [0, 0.1) is 0 Å². The minimum absolute atomic E-state index is 0.0723. The third-order valence-corrected chi connectivity index (χ3v) is 6.58. The average molecular weight is 427 g/mol. The van der Waals surface area contributed by atoms with E-state index in [2.05, 4.69) is 19.9 Å². The van der Waals surface area contributed by atoms with Crippen molar-refractivity contribution in [3.63, 3.8) is 0 Å². The molecule has 0 unspecified atom stereocenters. The number of amides is 1. The zero-order chi connectivity index (χ0) is 20.8. The van der Waals surface area contributed by atoms with Gasteiger partial charge in [0.05, 0.1) is 18.2 Å². The number of nitrogens with zero attached hydrogens (tertiary/aromatic N) is 4. The number of carbonyl (C=O) groups is 1. The van der Waals surface area contributed by atoms with E-state index in [-0.39, 0.29) is 11.9 Å².